The van der Waals surface area contributed by atoms with Gasteiger partial charge in [0.25, 0.3) is 5.91 Å². The van der Waals surface area contributed by atoms with Crippen LogP contribution in [0.4, 0.5) is 4.39 Å². The molecule has 32 heavy (non-hydrogen) atoms. The lowest BCUT2D eigenvalue weighted by atomic mass is 9.95. The summed E-state index contributed by atoms with van der Waals surface area (Å²) in [4.78, 5) is 29.4. The Morgan fingerprint density at radius 3 is 2.12 bits per heavy atom. The van der Waals surface area contributed by atoms with Crippen LogP contribution in [0.3, 0.4) is 0 Å². The number of amides is 2. The Bertz CT molecular complexity index is 900. The van der Waals surface area contributed by atoms with Crippen LogP contribution in [0.15, 0.2) is 48.5 Å². The van der Waals surface area contributed by atoms with Crippen molar-refractivity contribution in [3.05, 3.63) is 71.0 Å². The molecule has 0 aliphatic carbocycles. The second kappa shape index (κ2) is 10.7. The minimum absolute atomic E-state index is 0.0521. The molecule has 2 aromatic rings. The Balaban J connectivity index is 1.20. The largest absolute Gasteiger partial charge is 0.352 e. The highest BCUT2D eigenvalue weighted by atomic mass is 19.1. The van der Waals surface area contributed by atoms with Gasteiger partial charge < -0.3 is 10.2 Å². The zero-order chi connectivity index (χ0) is 22.3. The molecule has 2 saturated heterocycles. The van der Waals surface area contributed by atoms with Crippen molar-refractivity contribution in [1.29, 1.82) is 0 Å². The summed E-state index contributed by atoms with van der Waals surface area (Å²) in [5.74, 6) is -0.482. The number of hydrogen-bond acceptors (Lipinski definition) is 3. The van der Waals surface area contributed by atoms with Crippen molar-refractivity contribution < 1.29 is 14.0 Å². The van der Waals surface area contributed by atoms with Crippen LogP contribution in [0.2, 0.25) is 0 Å². The lowest BCUT2D eigenvalue weighted by Crippen LogP contribution is -2.42. The van der Waals surface area contributed by atoms with E-state index in [4.69, 9.17) is 0 Å². The van der Waals surface area contributed by atoms with Crippen molar-refractivity contribution in [3.8, 4) is 0 Å². The minimum Gasteiger partial charge on any atom is -0.352 e. The first-order chi connectivity index (χ1) is 15.6. The van der Waals surface area contributed by atoms with E-state index >= 15 is 0 Å². The summed E-state index contributed by atoms with van der Waals surface area (Å²) in [6.45, 7) is 4.98. The van der Waals surface area contributed by atoms with Gasteiger partial charge in [0.15, 0.2) is 0 Å². The molecule has 2 fully saturated rings. The Kier molecular flexibility index (Phi) is 7.53. The molecule has 4 rings (SSSR count). The molecule has 2 aromatic carbocycles. The predicted molar refractivity (Wildman–Crippen MR) is 122 cm³/mol. The van der Waals surface area contributed by atoms with Gasteiger partial charge in [0.2, 0.25) is 5.91 Å². The SMILES string of the molecule is O=C(NCc1ccc(CN2CCCCC2)cc1)C1CCN(C(=O)c2ccc(F)cc2)CC1. The Morgan fingerprint density at radius 1 is 0.844 bits per heavy atom. The van der Waals surface area contributed by atoms with Crippen molar-refractivity contribution in [2.75, 3.05) is 26.2 Å². The van der Waals surface area contributed by atoms with Gasteiger partial charge in [-0.3, -0.25) is 14.5 Å². The van der Waals surface area contributed by atoms with E-state index in [1.807, 2.05) is 0 Å². The van der Waals surface area contributed by atoms with Crippen LogP contribution in [0.1, 0.15) is 53.6 Å². The van der Waals surface area contributed by atoms with Gasteiger partial charge in [-0.05, 0) is 74.2 Å². The number of rotatable bonds is 6. The van der Waals surface area contributed by atoms with Gasteiger partial charge in [-0.15, -0.1) is 0 Å². The maximum Gasteiger partial charge on any atom is 0.253 e. The maximum absolute atomic E-state index is 13.1. The van der Waals surface area contributed by atoms with Gasteiger partial charge in [0.1, 0.15) is 5.82 Å². The summed E-state index contributed by atoms with van der Waals surface area (Å²) in [7, 11) is 0. The number of piperidine rings is 2. The minimum atomic E-state index is -0.353. The number of likely N-dealkylation sites (tertiary alicyclic amines) is 2. The topological polar surface area (TPSA) is 52.7 Å². The molecule has 0 unspecified atom stereocenters. The molecule has 0 aromatic heterocycles. The molecule has 170 valence electrons. The number of carbonyl (C=O) groups is 2. The van der Waals surface area contributed by atoms with E-state index in [0.717, 1.165) is 12.1 Å². The van der Waals surface area contributed by atoms with E-state index in [-0.39, 0.29) is 23.5 Å². The zero-order valence-corrected chi connectivity index (χ0v) is 18.6. The van der Waals surface area contributed by atoms with Crippen LogP contribution in [0, 0.1) is 11.7 Å². The van der Waals surface area contributed by atoms with Crippen LogP contribution in [-0.4, -0.2) is 47.8 Å². The Labute approximate surface area is 189 Å². The quantitative estimate of drug-likeness (QED) is 0.744. The van der Waals surface area contributed by atoms with Crippen molar-refractivity contribution in [2.45, 2.75) is 45.2 Å². The monoisotopic (exact) mass is 437 g/mol. The first-order valence-electron chi connectivity index (χ1n) is 11.7. The van der Waals surface area contributed by atoms with Gasteiger partial charge in [0, 0.05) is 37.7 Å². The molecule has 0 bridgehead atoms. The van der Waals surface area contributed by atoms with E-state index in [1.54, 1.807) is 4.90 Å². The molecule has 2 aliphatic rings. The lowest BCUT2D eigenvalue weighted by Gasteiger charge is -2.31. The number of nitrogens with one attached hydrogen (secondary N) is 1. The zero-order valence-electron chi connectivity index (χ0n) is 18.6. The van der Waals surface area contributed by atoms with Crippen molar-refractivity contribution in [3.63, 3.8) is 0 Å². The van der Waals surface area contributed by atoms with E-state index in [1.165, 1.54) is 62.2 Å². The number of halogens is 1. The van der Waals surface area contributed by atoms with Gasteiger partial charge in [0.05, 0.1) is 0 Å². The summed E-state index contributed by atoms with van der Waals surface area (Å²) in [5, 5.41) is 3.06. The molecular formula is C26H32FN3O2. The Hall–Kier alpha value is -2.73. The number of hydrogen-bond donors (Lipinski definition) is 1. The average molecular weight is 438 g/mol. The average Bonchev–Trinajstić information content (AvgIpc) is 2.84. The van der Waals surface area contributed by atoms with E-state index < -0.39 is 0 Å². The molecule has 1 N–H and O–H groups in total. The van der Waals surface area contributed by atoms with Gasteiger partial charge in [-0.25, -0.2) is 4.39 Å². The normalized spacial score (nSPS) is 17.8. The Morgan fingerprint density at radius 2 is 1.47 bits per heavy atom. The molecule has 0 radical (unpaired) electrons. The van der Waals surface area contributed by atoms with E-state index in [9.17, 15) is 14.0 Å². The third-order valence-corrected chi connectivity index (χ3v) is 6.59. The molecule has 2 aliphatic heterocycles. The fourth-order valence-electron chi connectivity index (χ4n) is 4.59. The van der Waals surface area contributed by atoms with Gasteiger partial charge in [-0.1, -0.05) is 30.7 Å². The summed E-state index contributed by atoms with van der Waals surface area (Å²) >= 11 is 0. The molecule has 0 spiro atoms. The number of carbonyl (C=O) groups excluding carboxylic acids is 2. The van der Waals surface area contributed by atoms with E-state index in [0.29, 0.717) is 38.0 Å². The second-order valence-electron chi connectivity index (χ2n) is 8.94. The predicted octanol–water partition coefficient (Wildman–Crippen LogP) is 3.98. The van der Waals surface area contributed by atoms with Gasteiger partial charge in [-0.2, -0.15) is 0 Å². The smallest absolute Gasteiger partial charge is 0.253 e. The molecule has 5 nitrogen and oxygen atoms in total. The molecule has 6 heteroatoms. The van der Waals surface area contributed by atoms with Crippen molar-refractivity contribution in [2.24, 2.45) is 5.92 Å². The maximum atomic E-state index is 13.1. The lowest BCUT2D eigenvalue weighted by molar-refractivity contribution is -0.126. The second-order valence-corrected chi connectivity index (χ2v) is 8.94. The summed E-state index contributed by atoms with van der Waals surface area (Å²) < 4.78 is 13.1. The highest BCUT2D eigenvalue weighted by Crippen LogP contribution is 2.20. The highest BCUT2D eigenvalue weighted by molar-refractivity contribution is 5.94. The van der Waals surface area contributed by atoms with Crippen LogP contribution in [0.25, 0.3) is 0 Å². The standard InChI is InChI=1S/C26H32FN3O2/c27-24-10-8-23(9-11-24)26(32)30-16-12-22(13-17-30)25(31)28-18-20-4-6-21(7-5-20)19-29-14-2-1-3-15-29/h4-11,22H,1-3,12-19H2,(H,28,31). The summed E-state index contributed by atoms with van der Waals surface area (Å²) in [6.07, 6.45) is 5.23. The first-order valence-corrected chi connectivity index (χ1v) is 11.7. The fourth-order valence-corrected chi connectivity index (χ4v) is 4.59. The van der Waals surface area contributed by atoms with Crippen LogP contribution in [-0.2, 0) is 17.9 Å². The van der Waals surface area contributed by atoms with Crippen LogP contribution < -0.4 is 5.32 Å². The summed E-state index contributed by atoms with van der Waals surface area (Å²) in [5.41, 5.74) is 2.91. The molecule has 2 heterocycles. The van der Waals surface area contributed by atoms with E-state index in [2.05, 4.69) is 34.5 Å². The highest BCUT2D eigenvalue weighted by Gasteiger charge is 2.27. The molecular weight excluding hydrogens is 405 g/mol. The third-order valence-electron chi connectivity index (χ3n) is 6.59. The summed E-state index contributed by atoms with van der Waals surface area (Å²) in [6, 6.07) is 14.1. The molecule has 0 saturated carbocycles. The van der Waals surface area contributed by atoms with Crippen LogP contribution in [0.5, 0.6) is 0 Å². The van der Waals surface area contributed by atoms with Crippen molar-refractivity contribution >= 4 is 11.8 Å². The first kappa shape index (κ1) is 22.5. The number of benzene rings is 2. The molecule has 0 atom stereocenters. The van der Waals surface area contributed by atoms with Gasteiger partial charge >= 0.3 is 0 Å². The molecule has 2 amide bonds. The van der Waals surface area contributed by atoms with Crippen LogP contribution >= 0.6 is 0 Å². The number of nitrogens with zero attached hydrogens (tertiary/aromatic N) is 2. The third kappa shape index (κ3) is 5.94. The fraction of sp³-hybridized carbons (Fsp3) is 0.462. The van der Waals surface area contributed by atoms with Crippen molar-refractivity contribution in [1.82, 2.24) is 15.1 Å².